The zero-order valence-corrected chi connectivity index (χ0v) is 10.3. The molecule has 0 radical (unpaired) electrons. The van der Waals surface area contributed by atoms with Crippen LogP contribution in [0, 0.1) is 0 Å². The lowest BCUT2D eigenvalue weighted by Crippen LogP contribution is -1.97. The molecule has 0 saturated carbocycles. The van der Waals surface area contributed by atoms with E-state index in [2.05, 4.69) is 28.1 Å². The van der Waals surface area contributed by atoms with E-state index in [-0.39, 0.29) is 6.61 Å². The van der Waals surface area contributed by atoms with Gasteiger partial charge in [-0.1, -0.05) is 22.0 Å². The Hall–Kier alpha value is -0.0300. The second kappa shape index (κ2) is 6.45. The maximum absolute atomic E-state index is 8.64. The predicted octanol–water partition coefficient (Wildman–Crippen LogP) is 2.38. The van der Waals surface area contributed by atoms with E-state index in [1.807, 2.05) is 6.07 Å². The van der Waals surface area contributed by atoms with Gasteiger partial charge in [-0.25, -0.2) is 0 Å². The number of aliphatic hydroxyl groups excluding tert-OH is 1. The molecule has 0 heterocycles. The largest absolute Gasteiger partial charge is 0.396 e. The molecule has 0 bridgehead atoms. The number of benzene rings is 1. The third-order valence-corrected chi connectivity index (χ3v) is 3.63. The molecule has 1 rings (SSSR count). The van der Waals surface area contributed by atoms with Crippen LogP contribution in [0.5, 0.6) is 0 Å². The van der Waals surface area contributed by atoms with Crippen LogP contribution in [0.3, 0.4) is 0 Å². The summed E-state index contributed by atoms with van der Waals surface area (Å²) in [7, 11) is 0. The molecular weight excluding hydrogens is 262 g/mol. The molecule has 0 fully saturated rings. The van der Waals surface area contributed by atoms with Crippen molar-refractivity contribution in [3.8, 4) is 0 Å². The summed E-state index contributed by atoms with van der Waals surface area (Å²) in [6, 6.07) is 6.17. The molecule has 2 nitrogen and oxygen atoms in total. The van der Waals surface area contributed by atoms with Gasteiger partial charge in [-0.15, -0.1) is 11.8 Å². The first-order chi connectivity index (χ1) is 6.77. The highest BCUT2D eigenvalue weighted by atomic mass is 79.9. The summed E-state index contributed by atoms with van der Waals surface area (Å²) in [5, 5.41) is 8.64. The van der Waals surface area contributed by atoms with Crippen LogP contribution in [0.4, 0.5) is 0 Å². The molecule has 0 atom stereocenters. The standard InChI is InChI=1S/C10H14BrNOS/c11-10-6-9(14-5-1-4-13)3-2-8(10)7-12/h2-3,6,13H,1,4-5,7,12H2. The van der Waals surface area contributed by atoms with Gasteiger partial charge in [0.05, 0.1) is 0 Å². The smallest absolute Gasteiger partial charge is 0.0439 e. The molecule has 0 unspecified atom stereocenters. The second-order valence-corrected chi connectivity index (χ2v) is 4.91. The van der Waals surface area contributed by atoms with Gasteiger partial charge in [-0.05, 0) is 24.1 Å². The summed E-state index contributed by atoms with van der Waals surface area (Å²) in [5.41, 5.74) is 6.67. The van der Waals surface area contributed by atoms with Gasteiger partial charge in [0.15, 0.2) is 0 Å². The highest BCUT2D eigenvalue weighted by Gasteiger charge is 2.00. The summed E-state index contributed by atoms with van der Waals surface area (Å²) in [4.78, 5) is 1.21. The van der Waals surface area contributed by atoms with Crippen molar-refractivity contribution in [1.82, 2.24) is 0 Å². The first-order valence-electron chi connectivity index (χ1n) is 4.50. The average molecular weight is 276 g/mol. The van der Waals surface area contributed by atoms with E-state index >= 15 is 0 Å². The lowest BCUT2D eigenvalue weighted by atomic mass is 10.2. The summed E-state index contributed by atoms with van der Waals surface area (Å²) in [5.74, 6) is 0.949. The van der Waals surface area contributed by atoms with E-state index in [0.717, 1.165) is 22.2 Å². The highest BCUT2D eigenvalue weighted by molar-refractivity contribution is 9.10. The molecule has 0 amide bonds. The van der Waals surface area contributed by atoms with E-state index in [4.69, 9.17) is 10.8 Å². The number of halogens is 1. The summed E-state index contributed by atoms with van der Waals surface area (Å²) >= 11 is 5.22. The van der Waals surface area contributed by atoms with Gasteiger partial charge in [-0.2, -0.15) is 0 Å². The van der Waals surface area contributed by atoms with Crippen molar-refractivity contribution in [1.29, 1.82) is 0 Å². The van der Waals surface area contributed by atoms with Gasteiger partial charge in [0.2, 0.25) is 0 Å². The molecule has 0 aliphatic carbocycles. The molecule has 4 heteroatoms. The molecule has 1 aromatic carbocycles. The van der Waals surface area contributed by atoms with Crippen LogP contribution in [-0.4, -0.2) is 17.5 Å². The number of hydrogen-bond acceptors (Lipinski definition) is 3. The fourth-order valence-corrected chi connectivity index (χ4v) is 2.60. The van der Waals surface area contributed by atoms with Crippen LogP contribution in [0.25, 0.3) is 0 Å². The molecule has 0 aromatic heterocycles. The van der Waals surface area contributed by atoms with Gasteiger partial charge in [-0.3, -0.25) is 0 Å². The first kappa shape index (κ1) is 12.0. The van der Waals surface area contributed by atoms with Crippen molar-refractivity contribution in [2.75, 3.05) is 12.4 Å². The van der Waals surface area contributed by atoms with Crippen molar-refractivity contribution >= 4 is 27.7 Å². The zero-order chi connectivity index (χ0) is 10.4. The van der Waals surface area contributed by atoms with Gasteiger partial charge in [0.25, 0.3) is 0 Å². The normalized spacial score (nSPS) is 10.5. The topological polar surface area (TPSA) is 46.2 Å². The molecule has 0 saturated heterocycles. The van der Waals surface area contributed by atoms with Crippen molar-refractivity contribution in [3.63, 3.8) is 0 Å². The maximum Gasteiger partial charge on any atom is 0.0439 e. The molecule has 0 aliphatic heterocycles. The van der Waals surface area contributed by atoms with Crippen LogP contribution in [-0.2, 0) is 6.54 Å². The Labute approximate surface area is 97.0 Å². The van der Waals surface area contributed by atoms with Crippen molar-refractivity contribution in [2.45, 2.75) is 17.9 Å². The lowest BCUT2D eigenvalue weighted by molar-refractivity contribution is 0.296. The predicted molar refractivity (Wildman–Crippen MR) is 64.5 cm³/mol. The Morgan fingerprint density at radius 2 is 2.21 bits per heavy atom. The molecule has 1 aromatic rings. The van der Waals surface area contributed by atoms with Crippen LogP contribution in [0.2, 0.25) is 0 Å². The summed E-state index contributed by atoms with van der Waals surface area (Å²) in [6.07, 6.45) is 0.834. The van der Waals surface area contributed by atoms with E-state index in [1.165, 1.54) is 4.90 Å². The van der Waals surface area contributed by atoms with Crippen molar-refractivity contribution in [2.24, 2.45) is 5.73 Å². The van der Waals surface area contributed by atoms with E-state index < -0.39 is 0 Å². The van der Waals surface area contributed by atoms with E-state index in [9.17, 15) is 0 Å². The Morgan fingerprint density at radius 1 is 1.43 bits per heavy atom. The van der Waals surface area contributed by atoms with Gasteiger partial charge < -0.3 is 10.8 Å². The average Bonchev–Trinajstić information content (AvgIpc) is 2.18. The Balaban J connectivity index is 2.57. The monoisotopic (exact) mass is 275 g/mol. The summed E-state index contributed by atoms with van der Waals surface area (Å²) in [6.45, 7) is 0.817. The van der Waals surface area contributed by atoms with Gasteiger partial charge in [0, 0.05) is 28.3 Å². The zero-order valence-electron chi connectivity index (χ0n) is 7.87. The quantitative estimate of drug-likeness (QED) is 0.641. The SMILES string of the molecule is NCc1ccc(SCCCO)cc1Br. The van der Waals surface area contributed by atoms with Crippen molar-refractivity contribution < 1.29 is 5.11 Å². The van der Waals surface area contributed by atoms with Crippen LogP contribution < -0.4 is 5.73 Å². The van der Waals surface area contributed by atoms with Crippen LogP contribution in [0.15, 0.2) is 27.6 Å². The Morgan fingerprint density at radius 3 is 2.79 bits per heavy atom. The number of hydrogen-bond donors (Lipinski definition) is 2. The number of aliphatic hydroxyl groups is 1. The minimum Gasteiger partial charge on any atom is -0.396 e. The fraction of sp³-hybridized carbons (Fsp3) is 0.400. The molecular formula is C10H14BrNOS. The van der Waals surface area contributed by atoms with Crippen LogP contribution in [0.1, 0.15) is 12.0 Å². The minimum absolute atomic E-state index is 0.259. The third kappa shape index (κ3) is 3.61. The molecule has 3 N–H and O–H groups in total. The molecule has 14 heavy (non-hydrogen) atoms. The molecule has 0 aliphatic rings. The van der Waals surface area contributed by atoms with Crippen molar-refractivity contribution in [3.05, 3.63) is 28.2 Å². The number of rotatable bonds is 5. The number of nitrogens with two attached hydrogens (primary N) is 1. The maximum atomic E-state index is 8.64. The summed E-state index contributed by atoms with van der Waals surface area (Å²) < 4.78 is 1.06. The van der Waals surface area contributed by atoms with Gasteiger partial charge in [0.1, 0.15) is 0 Å². The second-order valence-electron chi connectivity index (χ2n) is 2.88. The van der Waals surface area contributed by atoms with Crippen LogP contribution >= 0.6 is 27.7 Å². The van der Waals surface area contributed by atoms with E-state index in [1.54, 1.807) is 11.8 Å². The van der Waals surface area contributed by atoms with E-state index in [0.29, 0.717) is 6.54 Å². The van der Waals surface area contributed by atoms with Gasteiger partial charge >= 0.3 is 0 Å². The fourth-order valence-electron chi connectivity index (χ4n) is 1.04. The Bertz CT molecular complexity index is 293. The molecule has 78 valence electrons. The molecule has 0 spiro atoms. The number of thioether (sulfide) groups is 1. The third-order valence-electron chi connectivity index (χ3n) is 1.82. The lowest BCUT2D eigenvalue weighted by Gasteiger charge is -2.04. The minimum atomic E-state index is 0.259. The Kier molecular flexibility index (Phi) is 5.55. The highest BCUT2D eigenvalue weighted by Crippen LogP contribution is 2.25. The first-order valence-corrected chi connectivity index (χ1v) is 6.28.